The summed E-state index contributed by atoms with van der Waals surface area (Å²) in [5, 5.41) is 14.0. The van der Waals surface area contributed by atoms with Gasteiger partial charge in [0.1, 0.15) is 6.04 Å². The van der Waals surface area contributed by atoms with E-state index in [0.29, 0.717) is 17.3 Å². The van der Waals surface area contributed by atoms with Crippen molar-refractivity contribution in [3.05, 3.63) is 76.3 Å². The van der Waals surface area contributed by atoms with Crippen LogP contribution in [-0.4, -0.2) is 20.6 Å². The number of hydrogen-bond donors (Lipinski definition) is 2. The van der Waals surface area contributed by atoms with Crippen molar-refractivity contribution in [1.29, 1.82) is 0 Å². The molecule has 2 aromatic carbocycles. The molecule has 26 heavy (non-hydrogen) atoms. The van der Waals surface area contributed by atoms with Gasteiger partial charge in [0.05, 0.1) is 10.9 Å². The van der Waals surface area contributed by atoms with Crippen molar-refractivity contribution in [2.75, 3.05) is 0 Å². The number of para-hydroxylation sites is 1. The predicted molar refractivity (Wildman–Crippen MR) is 97.5 cm³/mol. The Morgan fingerprint density at radius 1 is 1.12 bits per heavy atom. The molecule has 6 heteroatoms. The number of benzene rings is 2. The van der Waals surface area contributed by atoms with Gasteiger partial charge in [-0.25, -0.2) is 4.98 Å². The zero-order valence-electron chi connectivity index (χ0n) is 14.3. The average Bonchev–Trinajstić information content (AvgIpc) is 2.66. The van der Waals surface area contributed by atoms with Gasteiger partial charge in [-0.05, 0) is 24.1 Å². The number of amides is 1. The molecule has 0 aliphatic carbocycles. The van der Waals surface area contributed by atoms with Crippen LogP contribution in [0.15, 0.2) is 59.4 Å². The van der Waals surface area contributed by atoms with Gasteiger partial charge in [0.25, 0.3) is 5.56 Å². The highest BCUT2D eigenvalue weighted by atomic mass is 16.3. The molecule has 6 nitrogen and oxygen atoms in total. The SMILES string of the molecule is CC[C@@]1(O)NC(=O)[C@H](Cc2ccccc2)n2c1nc1ccccc1c2=O. The van der Waals surface area contributed by atoms with Crippen molar-refractivity contribution in [2.45, 2.75) is 31.5 Å². The summed E-state index contributed by atoms with van der Waals surface area (Å²) >= 11 is 0. The van der Waals surface area contributed by atoms with Crippen LogP contribution in [0.4, 0.5) is 0 Å². The molecule has 3 aromatic rings. The molecule has 0 saturated heterocycles. The maximum Gasteiger partial charge on any atom is 0.262 e. The fraction of sp³-hybridized carbons (Fsp3) is 0.250. The molecule has 0 radical (unpaired) electrons. The molecular weight excluding hydrogens is 330 g/mol. The van der Waals surface area contributed by atoms with E-state index in [4.69, 9.17) is 0 Å². The van der Waals surface area contributed by atoms with Crippen LogP contribution in [0, 0.1) is 0 Å². The van der Waals surface area contributed by atoms with Gasteiger partial charge >= 0.3 is 0 Å². The minimum atomic E-state index is -1.66. The molecular formula is C20H19N3O3. The molecule has 1 amide bonds. The van der Waals surface area contributed by atoms with Crippen LogP contribution in [0.1, 0.15) is 30.8 Å². The summed E-state index contributed by atoms with van der Waals surface area (Å²) in [6, 6.07) is 15.7. The first-order chi connectivity index (χ1) is 12.5. The topological polar surface area (TPSA) is 84.2 Å². The number of carbonyl (C=O) groups is 1. The minimum absolute atomic E-state index is 0.184. The number of nitrogens with one attached hydrogen (secondary N) is 1. The Morgan fingerprint density at radius 3 is 2.54 bits per heavy atom. The third kappa shape index (κ3) is 2.50. The third-order valence-corrected chi connectivity index (χ3v) is 4.91. The van der Waals surface area contributed by atoms with Crippen LogP contribution in [0.2, 0.25) is 0 Å². The molecule has 0 bridgehead atoms. The van der Waals surface area contributed by atoms with Crippen LogP contribution in [-0.2, 0) is 16.9 Å². The van der Waals surface area contributed by atoms with Crippen LogP contribution in [0.25, 0.3) is 10.9 Å². The largest absolute Gasteiger partial charge is 0.364 e. The monoisotopic (exact) mass is 349 g/mol. The second kappa shape index (κ2) is 6.07. The summed E-state index contributed by atoms with van der Waals surface area (Å²) in [6.07, 6.45) is 0.557. The van der Waals surface area contributed by atoms with Crippen LogP contribution in [0.5, 0.6) is 0 Å². The van der Waals surface area contributed by atoms with Gasteiger partial charge in [0, 0.05) is 6.42 Å². The van der Waals surface area contributed by atoms with E-state index < -0.39 is 11.8 Å². The second-order valence-electron chi connectivity index (χ2n) is 6.54. The van der Waals surface area contributed by atoms with E-state index in [1.807, 2.05) is 30.3 Å². The van der Waals surface area contributed by atoms with E-state index in [1.165, 1.54) is 4.57 Å². The van der Waals surface area contributed by atoms with Crippen LogP contribution < -0.4 is 10.9 Å². The molecule has 0 unspecified atom stereocenters. The highest BCUT2D eigenvalue weighted by Gasteiger charge is 2.43. The Hall–Kier alpha value is -2.99. The van der Waals surface area contributed by atoms with E-state index in [2.05, 4.69) is 10.3 Å². The van der Waals surface area contributed by atoms with Gasteiger partial charge < -0.3 is 10.4 Å². The first-order valence-corrected chi connectivity index (χ1v) is 8.63. The van der Waals surface area contributed by atoms with Crippen molar-refractivity contribution in [1.82, 2.24) is 14.9 Å². The normalized spacial score (nSPS) is 22.1. The van der Waals surface area contributed by atoms with Gasteiger partial charge in [0.2, 0.25) is 5.91 Å². The van der Waals surface area contributed by atoms with Gasteiger partial charge in [-0.15, -0.1) is 0 Å². The molecule has 1 aliphatic heterocycles. The Bertz CT molecular complexity index is 1050. The maximum absolute atomic E-state index is 13.2. The molecule has 4 rings (SSSR count). The zero-order valence-corrected chi connectivity index (χ0v) is 14.3. The van der Waals surface area contributed by atoms with E-state index in [1.54, 1.807) is 31.2 Å². The molecule has 2 atom stereocenters. The number of fused-ring (bicyclic) bond motifs is 2. The summed E-state index contributed by atoms with van der Waals surface area (Å²) < 4.78 is 1.36. The quantitative estimate of drug-likeness (QED) is 0.756. The van der Waals surface area contributed by atoms with E-state index in [9.17, 15) is 14.7 Å². The van der Waals surface area contributed by atoms with Gasteiger partial charge in [-0.1, -0.05) is 49.4 Å². The van der Waals surface area contributed by atoms with Crippen molar-refractivity contribution < 1.29 is 9.90 Å². The lowest BCUT2D eigenvalue weighted by Crippen LogP contribution is -2.58. The maximum atomic E-state index is 13.2. The summed E-state index contributed by atoms with van der Waals surface area (Å²) in [7, 11) is 0. The lowest BCUT2D eigenvalue weighted by Gasteiger charge is -2.38. The smallest absolute Gasteiger partial charge is 0.262 e. The standard InChI is InChI=1S/C20H19N3O3/c1-2-20(26)19-21-15-11-7-6-10-14(15)18(25)23(19)16(17(24)22-20)12-13-8-4-3-5-9-13/h3-11,16,26H,2,12H2,1H3,(H,22,24)/t16-,20-/m0/s1. The number of hydrogen-bond acceptors (Lipinski definition) is 4. The third-order valence-electron chi connectivity index (χ3n) is 4.91. The average molecular weight is 349 g/mol. The Labute approximate surface area is 150 Å². The Kier molecular flexibility index (Phi) is 3.85. The van der Waals surface area contributed by atoms with Gasteiger partial charge in [0.15, 0.2) is 11.5 Å². The van der Waals surface area contributed by atoms with Crippen molar-refractivity contribution >= 4 is 16.8 Å². The van der Waals surface area contributed by atoms with Crippen molar-refractivity contribution in [3.63, 3.8) is 0 Å². The molecule has 2 heterocycles. The highest BCUT2D eigenvalue weighted by molar-refractivity contribution is 5.84. The molecule has 0 fully saturated rings. The molecule has 1 aliphatic rings. The lowest BCUT2D eigenvalue weighted by molar-refractivity contribution is -0.138. The van der Waals surface area contributed by atoms with E-state index >= 15 is 0 Å². The molecule has 2 N–H and O–H groups in total. The number of rotatable bonds is 3. The van der Waals surface area contributed by atoms with E-state index in [0.717, 1.165) is 5.56 Å². The molecule has 0 spiro atoms. The molecule has 1 aromatic heterocycles. The van der Waals surface area contributed by atoms with Gasteiger partial charge in [-0.2, -0.15) is 0 Å². The Morgan fingerprint density at radius 2 is 1.81 bits per heavy atom. The summed E-state index contributed by atoms with van der Waals surface area (Å²) in [5.41, 5.74) is -0.535. The van der Waals surface area contributed by atoms with Crippen molar-refractivity contribution in [3.8, 4) is 0 Å². The highest BCUT2D eigenvalue weighted by Crippen LogP contribution is 2.30. The van der Waals surface area contributed by atoms with Gasteiger partial charge in [-0.3, -0.25) is 14.2 Å². The second-order valence-corrected chi connectivity index (χ2v) is 6.54. The van der Waals surface area contributed by atoms with Crippen LogP contribution in [0.3, 0.4) is 0 Å². The first-order valence-electron chi connectivity index (χ1n) is 8.63. The first kappa shape index (κ1) is 16.5. The fourth-order valence-corrected chi connectivity index (χ4v) is 3.45. The van der Waals surface area contributed by atoms with E-state index in [-0.39, 0.29) is 23.7 Å². The molecule has 132 valence electrons. The molecule has 0 saturated carbocycles. The lowest BCUT2D eigenvalue weighted by atomic mass is 9.98. The number of aromatic nitrogens is 2. The number of carbonyl (C=O) groups excluding carboxylic acids is 1. The summed E-state index contributed by atoms with van der Waals surface area (Å²) in [4.78, 5) is 30.4. The Balaban J connectivity index is 1.97. The summed E-state index contributed by atoms with van der Waals surface area (Å²) in [6.45, 7) is 1.74. The zero-order chi connectivity index (χ0) is 18.3. The number of nitrogens with zero attached hydrogens (tertiary/aromatic N) is 2. The fourth-order valence-electron chi connectivity index (χ4n) is 3.45. The minimum Gasteiger partial charge on any atom is -0.364 e. The predicted octanol–water partition coefficient (Wildman–Crippen LogP) is 1.87. The summed E-state index contributed by atoms with van der Waals surface area (Å²) in [5.74, 6) is -0.200. The van der Waals surface area contributed by atoms with Crippen molar-refractivity contribution in [2.24, 2.45) is 0 Å². The van der Waals surface area contributed by atoms with Crippen LogP contribution >= 0.6 is 0 Å². The number of aliphatic hydroxyl groups is 1.